The van der Waals surface area contributed by atoms with Crippen molar-refractivity contribution in [2.24, 2.45) is 0 Å². The van der Waals surface area contributed by atoms with Crippen LogP contribution in [0, 0.1) is 0 Å². The van der Waals surface area contributed by atoms with Crippen molar-refractivity contribution in [1.82, 2.24) is 9.80 Å². The third-order valence-corrected chi connectivity index (χ3v) is 5.68. The maximum absolute atomic E-state index is 13.1. The van der Waals surface area contributed by atoms with Crippen LogP contribution < -0.4 is 4.74 Å². The zero-order valence-corrected chi connectivity index (χ0v) is 16.3. The van der Waals surface area contributed by atoms with Crippen molar-refractivity contribution in [1.29, 1.82) is 0 Å². The van der Waals surface area contributed by atoms with Crippen LogP contribution in [0.15, 0.2) is 48.5 Å². The van der Waals surface area contributed by atoms with Crippen LogP contribution in [-0.4, -0.2) is 47.4 Å². The van der Waals surface area contributed by atoms with E-state index in [2.05, 4.69) is 6.92 Å². The zero-order valence-electron chi connectivity index (χ0n) is 16.3. The fraction of sp³-hybridized carbons (Fsp3) is 0.391. The molecule has 0 unspecified atom stereocenters. The number of ether oxygens (including phenoxy) is 1. The number of hydrogen-bond donors (Lipinski definition) is 0. The molecule has 1 saturated heterocycles. The summed E-state index contributed by atoms with van der Waals surface area (Å²) in [5, 5.41) is 0. The summed E-state index contributed by atoms with van der Waals surface area (Å²) in [5.41, 5.74) is 2.89. The van der Waals surface area contributed by atoms with Crippen LogP contribution in [0.4, 0.5) is 0 Å². The molecule has 146 valence electrons. The van der Waals surface area contributed by atoms with Crippen molar-refractivity contribution in [2.75, 3.05) is 19.7 Å². The Morgan fingerprint density at radius 2 is 1.96 bits per heavy atom. The average Bonchev–Trinajstić information content (AvgIpc) is 3.14. The quantitative estimate of drug-likeness (QED) is 0.820. The second kappa shape index (κ2) is 8.05. The van der Waals surface area contributed by atoms with E-state index in [-0.39, 0.29) is 17.9 Å². The molecule has 2 aliphatic heterocycles. The van der Waals surface area contributed by atoms with Gasteiger partial charge in [-0.15, -0.1) is 0 Å². The van der Waals surface area contributed by atoms with E-state index in [0.29, 0.717) is 38.2 Å². The lowest BCUT2D eigenvalue weighted by atomic mass is 10.1. The van der Waals surface area contributed by atoms with Crippen molar-refractivity contribution in [3.63, 3.8) is 0 Å². The number of benzene rings is 2. The monoisotopic (exact) mass is 378 g/mol. The number of carbonyl (C=O) groups excluding carboxylic acids is 2. The summed E-state index contributed by atoms with van der Waals surface area (Å²) in [6, 6.07) is 15.7. The predicted molar refractivity (Wildman–Crippen MR) is 107 cm³/mol. The van der Waals surface area contributed by atoms with Gasteiger partial charge in [-0.3, -0.25) is 9.59 Å². The van der Waals surface area contributed by atoms with Gasteiger partial charge in [0.25, 0.3) is 5.91 Å². The number of rotatable bonds is 4. The number of nitrogens with zero attached hydrogens (tertiary/aromatic N) is 2. The molecule has 5 heteroatoms. The van der Waals surface area contributed by atoms with Gasteiger partial charge in [0.05, 0.1) is 6.61 Å². The molecule has 0 saturated carbocycles. The molecule has 0 aromatic heterocycles. The average molecular weight is 378 g/mol. The molecule has 1 fully saturated rings. The molecule has 5 nitrogen and oxygen atoms in total. The van der Waals surface area contributed by atoms with Crippen LogP contribution >= 0.6 is 0 Å². The topological polar surface area (TPSA) is 49.9 Å². The predicted octanol–water partition coefficient (Wildman–Crippen LogP) is 3.27. The van der Waals surface area contributed by atoms with E-state index in [1.54, 1.807) is 0 Å². The molecule has 1 atom stereocenters. The first kappa shape index (κ1) is 18.5. The highest BCUT2D eigenvalue weighted by Gasteiger charge is 2.31. The van der Waals surface area contributed by atoms with Crippen molar-refractivity contribution in [3.05, 3.63) is 65.2 Å². The Balaban J connectivity index is 1.52. The highest BCUT2D eigenvalue weighted by Crippen LogP contribution is 2.27. The molecule has 0 spiro atoms. The molecule has 2 aromatic carbocycles. The SMILES string of the molecule is CC[C@H]1CN(C(=O)c2ccc3c(c2)CCO3)CCC(=O)N1Cc1ccccc1. The number of amides is 2. The normalized spacial score (nSPS) is 19.2. The molecule has 4 rings (SSSR count). The van der Waals surface area contributed by atoms with E-state index >= 15 is 0 Å². The number of hydrogen-bond acceptors (Lipinski definition) is 3. The summed E-state index contributed by atoms with van der Waals surface area (Å²) in [6.07, 6.45) is 2.03. The van der Waals surface area contributed by atoms with Gasteiger partial charge in [0, 0.05) is 44.1 Å². The maximum atomic E-state index is 13.1. The van der Waals surface area contributed by atoms with Gasteiger partial charge in [0.2, 0.25) is 5.91 Å². The molecule has 2 aromatic rings. The highest BCUT2D eigenvalue weighted by molar-refractivity contribution is 5.95. The van der Waals surface area contributed by atoms with Crippen LogP contribution in [0.1, 0.15) is 41.3 Å². The van der Waals surface area contributed by atoms with Gasteiger partial charge in [0.1, 0.15) is 5.75 Å². The molecule has 2 aliphatic rings. The first-order valence-electron chi connectivity index (χ1n) is 10.0. The standard InChI is InChI=1S/C23H26N2O3/c1-2-20-16-24(23(27)19-8-9-21-18(14-19)11-13-28-21)12-10-22(26)25(20)15-17-6-4-3-5-7-17/h3-9,14,20H,2,10-13,15-16H2,1H3/t20-/m0/s1. The summed E-state index contributed by atoms with van der Waals surface area (Å²) in [6.45, 7) is 4.39. The number of carbonyl (C=O) groups is 2. The van der Waals surface area contributed by atoms with E-state index in [1.807, 2.05) is 58.3 Å². The Labute approximate surface area is 165 Å². The van der Waals surface area contributed by atoms with Gasteiger partial charge in [-0.05, 0) is 35.7 Å². The van der Waals surface area contributed by atoms with Crippen LogP contribution in [0.3, 0.4) is 0 Å². The van der Waals surface area contributed by atoms with Gasteiger partial charge in [-0.2, -0.15) is 0 Å². The minimum atomic E-state index is 0.00233. The lowest BCUT2D eigenvalue weighted by Gasteiger charge is -2.31. The first-order valence-corrected chi connectivity index (χ1v) is 10.0. The smallest absolute Gasteiger partial charge is 0.253 e. The van der Waals surface area contributed by atoms with Gasteiger partial charge >= 0.3 is 0 Å². The zero-order chi connectivity index (χ0) is 19.5. The second-order valence-electron chi connectivity index (χ2n) is 7.49. The maximum Gasteiger partial charge on any atom is 0.253 e. The molecule has 0 bridgehead atoms. The van der Waals surface area contributed by atoms with E-state index in [4.69, 9.17) is 4.74 Å². The Bertz CT molecular complexity index is 865. The molecule has 2 heterocycles. The van der Waals surface area contributed by atoms with Gasteiger partial charge in [-0.1, -0.05) is 37.3 Å². The Morgan fingerprint density at radius 3 is 2.75 bits per heavy atom. The highest BCUT2D eigenvalue weighted by atomic mass is 16.5. The first-order chi connectivity index (χ1) is 13.7. The van der Waals surface area contributed by atoms with E-state index < -0.39 is 0 Å². The van der Waals surface area contributed by atoms with Crippen molar-refractivity contribution < 1.29 is 14.3 Å². The Hall–Kier alpha value is -2.82. The molecule has 0 aliphatic carbocycles. The molecule has 0 radical (unpaired) electrons. The van der Waals surface area contributed by atoms with Gasteiger partial charge < -0.3 is 14.5 Å². The van der Waals surface area contributed by atoms with E-state index in [0.717, 1.165) is 29.7 Å². The van der Waals surface area contributed by atoms with Crippen molar-refractivity contribution in [2.45, 2.75) is 38.8 Å². The lowest BCUT2D eigenvalue weighted by Crippen LogP contribution is -2.43. The number of fused-ring (bicyclic) bond motifs is 1. The molecule has 28 heavy (non-hydrogen) atoms. The van der Waals surface area contributed by atoms with Crippen LogP contribution in [-0.2, 0) is 17.8 Å². The third-order valence-electron chi connectivity index (χ3n) is 5.68. The fourth-order valence-corrected chi connectivity index (χ4v) is 4.06. The van der Waals surface area contributed by atoms with Crippen molar-refractivity contribution >= 4 is 11.8 Å². The van der Waals surface area contributed by atoms with E-state index in [9.17, 15) is 9.59 Å². The minimum Gasteiger partial charge on any atom is -0.493 e. The van der Waals surface area contributed by atoms with Crippen LogP contribution in [0.5, 0.6) is 5.75 Å². The molecular formula is C23H26N2O3. The van der Waals surface area contributed by atoms with Crippen LogP contribution in [0.25, 0.3) is 0 Å². The van der Waals surface area contributed by atoms with Gasteiger partial charge in [0.15, 0.2) is 0 Å². The summed E-state index contributed by atoms with van der Waals surface area (Å²) >= 11 is 0. The summed E-state index contributed by atoms with van der Waals surface area (Å²) in [7, 11) is 0. The summed E-state index contributed by atoms with van der Waals surface area (Å²) in [4.78, 5) is 29.7. The van der Waals surface area contributed by atoms with Crippen LogP contribution in [0.2, 0.25) is 0 Å². The minimum absolute atomic E-state index is 0.00233. The fourth-order valence-electron chi connectivity index (χ4n) is 4.06. The van der Waals surface area contributed by atoms with Crippen molar-refractivity contribution in [3.8, 4) is 5.75 Å². The van der Waals surface area contributed by atoms with Gasteiger partial charge in [-0.25, -0.2) is 0 Å². The summed E-state index contributed by atoms with van der Waals surface area (Å²) in [5.74, 6) is 0.999. The largest absolute Gasteiger partial charge is 0.493 e. The molecular weight excluding hydrogens is 352 g/mol. The summed E-state index contributed by atoms with van der Waals surface area (Å²) < 4.78 is 5.54. The molecule has 0 N–H and O–H groups in total. The van der Waals surface area contributed by atoms with E-state index in [1.165, 1.54) is 0 Å². The Kier molecular flexibility index (Phi) is 5.33. The second-order valence-corrected chi connectivity index (χ2v) is 7.49. The molecule has 2 amide bonds. The Morgan fingerprint density at radius 1 is 1.14 bits per heavy atom. The third kappa shape index (κ3) is 3.75. The lowest BCUT2D eigenvalue weighted by molar-refractivity contribution is -0.133.